The molecule has 0 atom stereocenters. The van der Waals surface area contributed by atoms with E-state index in [1.165, 1.54) is 18.0 Å². The van der Waals surface area contributed by atoms with Crippen molar-refractivity contribution in [1.29, 1.82) is 0 Å². The molecule has 0 aliphatic heterocycles. The number of hydrogen-bond acceptors (Lipinski definition) is 4. The molecular formula is C21H18FN3S. The molecular weight excluding hydrogens is 345 g/mol. The Kier molecular flexibility index (Phi) is 4.39. The van der Waals surface area contributed by atoms with E-state index >= 15 is 0 Å². The van der Waals surface area contributed by atoms with E-state index in [2.05, 4.69) is 58.8 Å². The van der Waals surface area contributed by atoms with Gasteiger partial charge in [-0.25, -0.2) is 14.4 Å². The fourth-order valence-corrected chi connectivity index (χ4v) is 3.84. The second kappa shape index (κ2) is 6.84. The number of nitrogens with one attached hydrogen (secondary N) is 1. The zero-order chi connectivity index (χ0) is 18.1. The molecule has 0 radical (unpaired) electrons. The third kappa shape index (κ3) is 3.06. The Morgan fingerprint density at radius 2 is 1.77 bits per heavy atom. The van der Waals surface area contributed by atoms with E-state index in [1.807, 2.05) is 0 Å². The summed E-state index contributed by atoms with van der Waals surface area (Å²) in [4.78, 5) is 9.61. The monoisotopic (exact) mass is 363 g/mol. The normalized spacial score (nSPS) is 11.2. The van der Waals surface area contributed by atoms with Gasteiger partial charge in [-0.1, -0.05) is 50.2 Å². The van der Waals surface area contributed by atoms with Gasteiger partial charge in [-0.05, 0) is 29.2 Å². The minimum Gasteiger partial charge on any atom is -0.337 e. The number of hydrogen-bond donors (Lipinski definition) is 1. The van der Waals surface area contributed by atoms with Gasteiger partial charge in [-0.3, -0.25) is 0 Å². The third-order valence-electron chi connectivity index (χ3n) is 4.39. The first-order valence-corrected chi connectivity index (χ1v) is 9.35. The highest BCUT2D eigenvalue weighted by Crippen LogP contribution is 2.38. The predicted octanol–water partition coefficient (Wildman–Crippen LogP) is 6.36. The first-order valence-electron chi connectivity index (χ1n) is 8.47. The first kappa shape index (κ1) is 16.7. The molecule has 3 nitrogen and oxygen atoms in total. The lowest BCUT2D eigenvalue weighted by Gasteiger charge is -2.10. The maximum atomic E-state index is 14.0. The fraction of sp³-hybridized carbons (Fsp3) is 0.143. The van der Waals surface area contributed by atoms with Crippen molar-refractivity contribution in [1.82, 2.24) is 9.97 Å². The van der Waals surface area contributed by atoms with Gasteiger partial charge in [0.2, 0.25) is 0 Å². The average molecular weight is 363 g/mol. The van der Waals surface area contributed by atoms with E-state index in [1.54, 1.807) is 29.5 Å². The van der Waals surface area contributed by atoms with Gasteiger partial charge in [-0.15, -0.1) is 11.3 Å². The van der Waals surface area contributed by atoms with Gasteiger partial charge < -0.3 is 5.32 Å². The minimum absolute atomic E-state index is 0.308. The fourth-order valence-electron chi connectivity index (χ4n) is 2.92. The lowest BCUT2D eigenvalue weighted by Crippen LogP contribution is -1.97. The van der Waals surface area contributed by atoms with Crippen LogP contribution >= 0.6 is 11.3 Å². The molecule has 4 rings (SSSR count). The molecule has 5 heteroatoms. The number of nitrogens with zero attached hydrogens (tertiary/aromatic N) is 2. The number of thiophene rings is 1. The van der Waals surface area contributed by atoms with E-state index in [9.17, 15) is 4.39 Å². The van der Waals surface area contributed by atoms with Crippen molar-refractivity contribution in [3.8, 4) is 11.1 Å². The van der Waals surface area contributed by atoms with Crippen LogP contribution in [0.25, 0.3) is 21.3 Å². The third-order valence-corrected chi connectivity index (χ3v) is 5.27. The number of fused-ring (bicyclic) bond motifs is 1. The molecule has 0 saturated heterocycles. The number of aromatic nitrogens is 2. The van der Waals surface area contributed by atoms with Crippen LogP contribution < -0.4 is 5.32 Å². The van der Waals surface area contributed by atoms with Crippen LogP contribution in [-0.4, -0.2) is 9.97 Å². The quantitative estimate of drug-likeness (QED) is 0.458. The van der Waals surface area contributed by atoms with Crippen LogP contribution in [0.2, 0.25) is 0 Å². The van der Waals surface area contributed by atoms with Gasteiger partial charge in [-0.2, -0.15) is 0 Å². The number of benzene rings is 2. The second-order valence-electron chi connectivity index (χ2n) is 6.43. The predicted molar refractivity (Wildman–Crippen MR) is 107 cm³/mol. The summed E-state index contributed by atoms with van der Waals surface area (Å²) in [5.41, 5.74) is 3.86. The number of rotatable bonds is 4. The van der Waals surface area contributed by atoms with E-state index in [0.29, 0.717) is 17.4 Å². The lowest BCUT2D eigenvalue weighted by molar-refractivity contribution is 0.632. The highest BCUT2D eigenvalue weighted by Gasteiger charge is 2.14. The molecule has 2 heterocycles. The number of halogens is 1. The zero-order valence-corrected chi connectivity index (χ0v) is 15.3. The van der Waals surface area contributed by atoms with Gasteiger partial charge in [0.15, 0.2) is 0 Å². The van der Waals surface area contributed by atoms with Crippen LogP contribution in [0.3, 0.4) is 0 Å². The molecule has 0 aliphatic rings. The summed E-state index contributed by atoms with van der Waals surface area (Å²) in [5.74, 6) is 0.798. The summed E-state index contributed by atoms with van der Waals surface area (Å²) in [6, 6.07) is 15.1. The van der Waals surface area contributed by atoms with Crippen molar-refractivity contribution < 1.29 is 4.39 Å². The number of anilines is 2. The summed E-state index contributed by atoms with van der Waals surface area (Å²) in [7, 11) is 0. The van der Waals surface area contributed by atoms with Crippen LogP contribution in [-0.2, 0) is 0 Å². The van der Waals surface area contributed by atoms with Crippen LogP contribution in [0.5, 0.6) is 0 Å². The van der Waals surface area contributed by atoms with Crippen molar-refractivity contribution in [3.05, 3.63) is 71.6 Å². The zero-order valence-electron chi connectivity index (χ0n) is 14.5. The smallest absolute Gasteiger partial charge is 0.146 e. The van der Waals surface area contributed by atoms with Crippen molar-refractivity contribution in [2.75, 3.05) is 5.32 Å². The first-order chi connectivity index (χ1) is 12.6. The molecule has 1 N–H and O–H groups in total. The summed E-state index contributed by atoms with van der Waals surface area (Å²) in [6.45, 7) is 4.36. The summed E-state index contributed by atoms with van der Waals surface area (Å²) in [5, 5.41) is 6.12. The maximum Gasteiger partial charge on any atom is 0.146 e. The van der Waals surface area contributed by atoms with Crippen LogP contribution in [0.4, 0.5) is 15.9 Å². The molecule has 0 unspecified atom stereocenters. The Bertz CT molecular complexity index is 1050. The van der Waals surface area contributed by atoms with Crippen LogP contribution in [0, 0.1) is 5.82 Å². The summed E-state index contributed by atoms with van der Waals surface area (Å²) in [6.07, 6.45) is 1.51. The van der Waals surface area contributed by atoms with Gasteiger partial charge in [0.25, 0.3) is 0 Å². The molecule has 2 aromatic heterocycles. The lowest BCUT2D eigenvalue weighted by atomic mass is 9.99. The molecule has 0 bridgehead atoms. The van der Waals surface area contributed by atoms with E-state index in [0.717, 1.165) is 21.3 Å². The molecule has 2 aromatic carbocycles. The Morgan fingerprint density at radius 1 is 1.00 bits per heavy atom. The van der Waals surface area contributed by atoms with Crippen molar-refractivity contribution in [3.63, 3.8) is 0 Å². The van der Waals surface area contributed by atoms with E-state index in [-0.39, 0.29) is 5.82 Å². The maximum absolute atomic E-state index is 14.0. The SMILES string of the molecule is CC(C)c1ccc(-c2csc3ncnc(Nc4ccccc4F)c23)cc1. The van der Waals surface area contributed by atoms with Gasteiger partial charge in [0, 0.05) is 10.9 Å². The second-order valence-corrected chi connectivity index (χ2v) is 7.29. The van der Waals surface area contributed by atoms with Gasteiger partial charge >= 0.3 is 0 Å². The largest absolute Gasteiger partial charge is 0.337 e. The molecule has 0 spiro atoms. The highest BCUT2D eigenvalue weighted by atomic mass is 32.1. The highest BCUT2D eigenvalue weighted by molar-refractivity contribution is 7.17. The van der Waals surface area contributed by atoms with E-state index < -0.39 is 0 Å². The van der Waals surface area contributed by atoms with Crippen molar-refractivity contribution in [2.45, 2.75) is 19.8 Å². The van der Waals surface area contributed by atoms with Gasteiger partial charge in [0.1, 0.15) is 22.8 Å². The molecule has 0 saturated carbocycles. The summed E-state index contributed by atoms with van der Waals surface area (Å²) < 4.78 is 14.0. The molecule has 4 aromatic rings. The summed E-state index contributed by atoms with van der Waals surface area (Å²) >= 11 is 1.56. The molecule has 130 valence electrons. The molecule has 0 amide bonds. The Morgan fingerprint density at radius 3 is 2.50 bits per heavy atom. The van der Waals surface area contributed by atoms with E-state index in [4.69, 9.17) is 0 Å². The van der Waals surface area contributed by atoms with Crippen molar-refractivity contribution >= 4 is 33.1 Å². The van der Waals surface area contributed by atoms with Crippen LogP contribution in [0.15, 0.2) is 60.2 Å². The minimum atomic E-state index is -0.308. The van der Waals surface area contributed by atoms with Crippen LogP contribution in [0.1, 0.15) is 25.3 Å². The molecule has 26 heavy (non-hydrogen) atoms. The van der Waals surface area contributed by atoms with Gasteiger partial charge in [0.05, 0.1) is 11.1 Å². The Balaban J connectivity index is 1.81. The average Bonchev–Trinajstić information content (AvgIpc) is 3.09. The number of para-hydroxylation sites is 1. The molecule has 0 aliphatic carbocycles. The molecule has 0 fully saturated rings. The topological polar surface area (TPSA) is 37.8 Å². The van der Waals surface area contributed by atoms with Crippen molar-refractivity contribution in [2.24, 2.45) is 0 Å². The Labute approximate surface area is 155 Å². The Hall–Kier alpha value is -2.79. The standard InChI is InChI=1S/C21H18FN3S/c1-13(2)14-7-9-15(10-8-14)16-11-26-21-19(16)20(23-12-24-21)25-18-6-4-3-5-17(18)22/h3-13H,1-2H3,(H,23,24,25).